The van der Waals surface area contributed by atoms with Gasteiger partial charge in [-0.2, -0.15) is 0 Å². The van der Waals surface area contributed by atoms with Gasteiger partial charge in [-0.25, -0.2) is 4.98 Å². The standard InChI is InChI=1S/C20H20N4O2/c1-14-7-3-4-8-15(14)11-12-19(25)22-23-20(26)13-18-21-16-9-5-6-10-17(16)24(18)2/h3-12H,13H2,1-2H3,(H,22,25)(H,23,26)/b12-11+. The average Bonchev–Trinajstić information content (AvgIpc) is 2.95. The third-order valence-electron chi connectivity index (χ3n) is 4.13. The Labute approximate surface area is 151 Å². The molecule has 26 heavy (non-hydrogen) atoms. The SMILES string of the molecule is Cc1ccccc1/C=C/C(=O)NNC(=O)Cc1nc2ccccc2n1C. The number of para-hydroxylation sites is 2. The number of nitrogens with zero attached hydrogens (tertiary/aromatic N) is 2. The maximum Gasteiger partial charge on any atom is 0.262 e. The molecule has 132 valence electrons. The minimum absolute atomic E-state index is 0.0764. The van der Waals surface area contributed by atoms with Crippen molar-refractivity contribution in [2.75, 3.05) is 0 Å². The molecule has 0 saturated heterocycles. The summed E-state index contributed by atoms with van der Waals surface area (Å²) in [5.41, 5.74) is 8.61. The lowest BCUT2D eigenvalue weighted by atomic mass is 10.1. The molecule has 0 atom stereocenters. The highest BCUT2D eigenvalue weighted by molar-refractivity contribution is 5.93. The van der Waals surface area contributed by atoms with E-state index in [0.717, 1.165) is 22.2 Å². The number of nitrogens with one attached hydrogen (secondary N) is 2. The van der Waals surface area contributed by atoms with Crippen molar-refractivity contribution in [1.29, 1.82) is 0 Å². The molecule has 0 bridgehead atoms. The first-order valence-corrected chi connectivity index (χ1v) is 8.27. The van der Waals surface area contributed by atoms with E-state index in [-0.39, 0.29) is 12.3 Å². The Morgan fingerprint density at radius 3 is 2.58 bits per heavy atom. The van der Waals surface area contributed by atoms with E-state index < -0.39 is 5.91 Å². The third kappa shape index (κ3) is 3.97. The fraction of sp³-hybridized carbons (Fsp3) is 0.150. The zero-order valence-corrected chi connectivity index (χ0v) is 14.7. The Bertz CT molecular complexity index is 988. The van der Waals surface area contributed by atoms with Crippen LogP contribution in [0, 0.1) is 6.92 Å². The Kier molecular flexibility index (Phi) is 5.12. The minimum atomic E-state index is -0.397. The molecular weight excluding hydrogens is 328 g/mol. The molecule has 3 aromatic rings. The average molecular weight is 348 g/mol. The number of imidazole rings is 1. The number of carbonyl (C=O) groups excluding carboxylic acids is 2. The molecule has 0 aliphatic carbocycles. The van der Waals surface area contributed by atoms with Crippen LogP contribution in [0.5, 0.6) is 0 Å². The molecule has 0 fully saturated rings. The van der Waals surface area contributed by atoms with Gasteiger partial charge >= 0.3 is 0 Å². The highest BCUT2D eigenvalue weighted by Gasteiger charge is 2.11. The second kappa shape index (κ2) is 7.65. The van der Waals surface area contributed by atoms with Crippen LogP contribution >= 0.6 is 0 Å². The molecule has 6 heteroatoms. The summed E-state index contributed by atoms with van der Waals surface area (Å²) < 4.78 is 1.87. The lowest BCUT2D eigenvalue weighted by Crippen LogP contribution is -2.41. The van der Waals surface area contributed by atoms with Crippen LogP contribution in [-0.4, -0.2) is 21.4 Å². The fourth-order valence-corrected chi connectivity index (χ4v) is 2.65. The van der Waals surface area contributed by atoms with Crippen molar-refractivity contribution in [3.8, 4) is 0 Å². The van der Waals surface area contributed by atoms with E-state index in [1.54, 1.807) is 6.08 Å². The van der Waals surface area contributed by atoms with E-state index in [9.17, 15) is 9.59 Å². The maximum absolute atomic E-state index is 12.1. The van der Waals surface area contributed by atoms with Crippen LogP contribution in [0.3, 0.4) is 0 Å². The van der Waals surface area contributed by atoms with Gasteiger partial charge in [-0.3, -0.25) is 20.4 Å². The van der Waals surface area contributed by atoms with Crippen LogP contribution in [0.25, 0.3) is 17.1 Å². The van der Waals surface area contributed by atoms with Gasteiger partial charge in [0.1, 0.15) is 5.82 Å². The van der Waals surface area contributed by atoms with Gasteiger partial charge in [0.2, 0.25) is 5.91 Å². The molecule has 0 spiro atoms. The zero-order valence-electron chi connectivity index (χ0n) is 14.7. The van der Waals surface area contributed by atoms with Gasteiger partial charge in [-0.1, -0.05) is 36.4 Å². The summed E-state index contributed by atoms with van der Waals surface area (Å²) >= 11 is 0. The Morgan fingerprint density at radius 1 is 1.08 bits per heavy atom. The Hall–Kier alpha value is -3.41. The quantitative estimate of drug-likeness (QED) is 0.561. The van der Waals surface area contributed by atoms with Crippen molar-refractivity contribution < 1.29 is 9.59 Å². The second-order valence-corrected chi connectivity index (χ2v) is 5.98. The molecule has 0 saturated carbocycles. The molecule has 0 radical (unpaired) electrons. The summed E-state index contributed by atoms with van der Waals surface area (Å²) in [6, 6.07) is 15.4. The number of hydrogen-bond donors (Lipinski definition) is 2. The number of fused-ring (bicyclic) bond motifs is 1. The smallest absolute Gasteiger partial charge is 0.262 e. The highest BCUT2D eigenvalue weighted by Crippen LogP contribution is 2.14. The maximum atomic E-state index is 12.1. The second-order valence-electron chi connectivity index (χ2n) is 5.98. The third-order valence-corrected chi connectivity index (χ3v) is 4.13. The Morgan fingerprint density at radius 2 is 1.81 bits per heavy atom. The van der Waals surface area contributed by atoms with Crippen molar-refractivity contribution in [3.63, 3.8) is 0 Å². The first kappa shape index (κ1) is 17.4. The van der Waals surface area contributed by atoms with Gasteiger partial charge in [0.05, 0.1) is 17.5 Å². The molecular formula is C20H20N4O2. The van der Waals surface area contributed by atoms with Gasteiger partial charge in [0.25, 0.3) is 5.91 Å². The number of hydrazine groups is 1. The van der Waals surface area contributed by atoms with Crippen molar-refractivity contribution in [2.45, 2.75) is 13.3 Å². The number of rotatable bonds is 4. The zero-order chi connectivity index (χ0) is 18.5. The van der Waals surface area contributed by atoms with E-state index in [4.69, 9.17) is 0 Å². The number of aryl methyl sites for hydroxylation is 2. The summed E-state index contributed by atoms with van der Waals surface area (Å²) in [5, 5.41) is 0. The van der Waals surface area contributed by atoms with Gasteiger partial charge in [0.15, 0.2) is 0 Å². The van der Waals surface area contributed by atoms with Crippen molar-refractivity contribution >= 4 is 28.9 Å². The van der Waals surface area contributed by atoms with Crippen LogP contribution in [0.1, 0.15) is 17.0 Å². The molecule has 3 rings (SSSR count). The first-order valence-electron chi connectivity index (χ1n) is 8.27. The number of carbonyl (C=O) groups is 2. The topological polar surface area (TPSA) is 76.0 Å². The van der Waals surface area contributed by atoms with Crippen molar-refractivity contribution in [2.24, 2.45) is 7.05 Å². The number of amides is 2. The molecule has 0 aliphatic heterocycles. The predicted octanol–water partition coefficient (Wildman–Crippen LogP) is 2.29. The summed E-state index contributed by atoms with van der Waals surface area (Å²) in [6.45, 7) is 1.97. The minimum Gasteiger partial charge on any atom is -0.331 e. The fourth-order valence-electron chi connectivity index (χ4n) is 2.65. The van der Waals surface area contributed by atoms with Crippen LogP contribution in [0.4, 0.5) is 0 Å². The molecule has 2 N–H and O–H groups in total. The first-order chi connectivity index (χ1) is 12.5. The van der Waals surface area contributed by atoms with E-state index in [0.29, 0.717) is 5.82 Å². The van der Waals surface area contributed by atoms with Gasteiger partial charge in [-0.05, 0) is 36.3 Å². The molecule has 0 aliphatic rings. The van der Waals surface area contributed by atoms with Gasteiger partial charge in [-0.15, -0.1) is 0 Å². The number of benzene rings is 2. The highest BCUT2D eigenvalue weighted by atomic mass is 16.2. The van der Waals surface area contributed by atoms with Gasteiger partial charge in [0, 0.05) is 13.1 Å². The summed E-state index contributed by atoms with van der Waals surface area (Å²) in [5.74, 6) is -0.0962. The van der Waals surface area contributed by atoms with E-state index in [1.807, 2.05) is 67.1 Å². The normalized spacial score (nSPS) is 11.0. The monoisotopic (exact) mass is 348 g/mol. The molecule has 2 aromatic carbocycles. The largest absolute Gasteiger partial charge is 0.331 e. The molecule has 6 nitrogen and oxygen atoms in total. The van der Waals surface area contributed by atoms with Crippen LogP contribution < -0.4 is 10.9 Å². The summed E-state index contributed by atoms with van der Waals surface area (Å²) in [4.78, 5) is 28.4. The molecule has 2 amide bonds. The van der Waals surface area contributed by atoms with Crippen molar-refractivity contribution in [1.82, 2.24) is 20.4 Å². The van der Waals surface area contributed by atoms with E-state index in [2.05, 4.69) is 15.8 Å². The van der Waals surface area contributed by atoms with Crippen molar-refractivity contribution in [3.05, 3.63) is 71.6 Å². The van der Waals surface area contributed by atoms with Gasteiger partial charge < -0.3 is 4.57 Å². The Balaban J connectivity index is 1.56. The predicted molar refractivity (Wildman–Crippen MR) is 101 cm³/mol. The molecule has 1 aromatic heterocycles. The lowest BCUT2D eigenvalue weighted by Gasteiger charge is -2.06. The number of aromatic nitrogens is 2. The molecule has 1 heterocycles. The summed E-state index contributed by atoms with van der Waals surface area (Å²) in [6.07, 6.45) is 3.17. The van der Waals surface area contributed by atoms with Crippen LogP contribution in [0.2, 0.25) is 0 Å². The number of hydrogen-bond acceptors (Lipinski definition) is 3. The summed E-state index contributed by atoms with van der Waals surface area (Å²) in [7, 11) is 1.86. The van der Waals surface area contributed by atoms with E-state index >= 15 is 0 Å². The molecule has 0 unspecified atom stereocenters. The van der Waals surface area contributed by atoms with E-state index in [1.165, 1.54) is 6.08 Å². The van der Waals surface area contributed by atoms with Crippen LogP contribution in [-0.2, 0) is 23.1 Å². The van der Waals surface area contributed by atoms with Crippen LogP contribution in [0.15, 0.2) is 54.6 Å². The lowest BCUT2D eigenvalue weighted by molar-refractivity contribution is -0.126.